The van der Waals surface area contributed by atoms with E-state index in [1.807, 2.05) is 0 Å². The van der Waals surface area contributed by atoms with E-state index in [1.165, 1.54) is 7.11 Å². The molecule has 0 bridgehead atoms. The van der Waals surface area contributed by atoms with Crippen molar-refractivity contribution in [3.05, 3.63) is 12.2 Å². The lowest BCUT2D eigenvalue weighted by molar-refractivity contribution is -0.144. The van der Waals surface area contributed by atoms with Crippen LogP contribution in [0.5, 0.6) is 0 Å². The molecule has 2 N–H and O–H groups in total. The Kier molecular flexibility index (Phi) is 7.42. The third-order valence-corrected chi connectivity index (χ3v) is 2.59. The number of carbonyl (C=O) groups is 3. The van der Waals surface area contributed by atoms with Gasteiger partial charge >= 0.3 is 17.9 Å². The van der Waals surface area contributed by atoms with Crippen LogP contribution in [0, 0.1) is 5.92 Å². The molecular formula is C12H18O6. The molecule has 0 saturated carbocycles. The van der Waals surface area contributed by atoms with Crippen molar-refractivity contribution in [2.75, 3.05) is 7.11 Å². The van der Waals surface area contributed by atoms with Gasteiger partial charge in [0.05, 0.1) is 13.0 Å². The molecule has 1 atom stereocenters. The van der Waals surface area contributed by atoms with Gasteiger partial charge in [0.1, 0.15) is 0 Å². The van der Waals surface area contributed by atoms with Crippen molar-refractivity contribution in [1.29, 1.82) is 0 Å². The average molecular weight is 258 g/mol. The van der Waals surface area contributed by atoms with Crippen molar-refractivity contribution in [3.8, 4) is 0 Å². The maximum Gasteiger partial charge on any atom is 0.331 e. The molecule has 6 nitrogen and oxygen atoms in total. The van der Waals surface area contributed by atoms with Crippen LogP contribution in [0.3, 0.4) is 0 Å². The number of rotatable bonds is 9. The van der Waals surface area contributed by atoms with Gasteiger partial charge in [0, 0.05) is 12.0 Å². The van der Waals surface area contributed by atoms with E-state index in [4.69, 9.17) is 10.2 Å². The summed E-state index contributed by atoms with van der Waals surface area (Å²) in [6.45, 7) is 3.26. The maximum absolute atomic E-state index is 10.9. The Bertz CT molecular complexity index is 333. The quantitative estimate of drug-likeness (QED) is 0.369. The Balaban J connectivity index is 4.00. The van der Waals surface area contributed by atoms with E-state index in [0.29, 0.717) is 19.3 Å². The van der Waals surface area contributed by atoms with Crippen molar-refractivity contribution < 1.29 is 29.3 Å². The first-order valence-corrected chi connectivity index (χ1v) is 5.61. The molecule has 0 aromatic carbocycles. The van der Waals surface area contributed by atoms with Crippen LogP contribution in [0.15, 0.2) is 12.2 Å². The molecule has 0 radical (unpaired) electrons. The third-order valence-electron chi connectivity index (χ3n) is 2.59. The van der Waals surface area contributed by atoms with E-state index >= 15 is 0 Å². The van der Waals surface area contributed by atoms with Crippen LogP contribution in [0.2, 0.25) is 0 Å². The van der Waals surface area contributed by atoms with Gasteiger partial charge in [-0.05, 0) is 12.8 Å². The number of unbranched alkanes of at least 4 members (excludes halogenated alkanes) is 2. The van der Waals surface area contributed by atoms with E-state index < -0.39 is 17.9 Å². The summed E-state index contributed by atoms with van der Waals surface area (Å²) in [7, 11) is 1.31. The molecule has 102 valence electrons. The normalized spacial score (nSPS) is 11.6. The Morgan fingerprint density at radius 1 is 1.17 bits per heavy atom. The van der Waals surface area contributed by atoms with Crippen molar-refractivity contribution in [2.24, 2.45) is 5.92 Å². The van der Waals surface area contributed by atoms with Crippen molar-refractivity contribution in [3.63, 3.8) is 0 Å². The third kappa shape index (κ3) is 6.03. The molecule has 0 rings (SSSR count). The van der Waals surface area contributed by atoms with Crippen LogP contribution >= 0.6 is 0 Å². The van der Waals surface area contributed by atoms with E-state index in [2.05, 4.69) is 11.3 Å². The van der Waals surface area contributed by atoms with E-state index in [0.717, 1.165) is 0 Å². The van der Waals surface area contributed by atoms with Crippen molar-refractivity contribution in [1.82, 2.24) is 0 Å². The second kappa shape index (κ2) is 8.27. The lowest BCUT2D eigenvalue weighted by Gasteiger charge is -2.11. The Hall–Kier alpha value is -1.85. The maximum atomic E-state index is 10.9. The van der Waals surface area contributed by atoms with E-state index in [1.54, 1.807) is 0 Å². The zero-order valence-electron chi connectivity index (χ0n) is 10.3. The van der Waals surface area contributed by atoms with E-state index in [-0.39, 0.29) is 24.4 Å². The largest absolute Gasteiger partial charge is 0.481 e. The molecule has 18 heavy (non-hydrogen) atoms. The second-order valence-corrected chi connectivity index (χ2v) is 3.90. The van der Waals surface area contributed by atoms with Gasteiger partial charge in [-0.2, -0.15) is 0 Å². The van der Waals surface area contributed by atoms with Crippen molar-refractivity contribution >= 4 is 17.9 Å². The predicted molar refractivity (Wildman–Crippen MR) is 63.0 cm³/mol. The molecular weight excluding hydrogens is 240 g/mol. The van der Waals surface area contributed by atoms with Crippen LogP contribution in [0.1, 0.15) is 32.1 Å². The second-order valence-electron chi connectivity index (χ2n) is 3.90. The number of ether oxygens (including phenoxy) is 1. The first-order valence-electron chi connectivity index (χ1n) is 5.61. The highest BCUT2D eigenvalue weighted by Gasteiger charge is 2.24. The number of esters is 1. The lowest BCUT2D eigenvalue weighted by Crippen LogP contribution is -2.20. The number of methoxy groups -OCH3 is 1. The fraction of sp³-hybridized carbons (Fsp3) is 0.583. The van der Waals surface area contributed by atoms with E-state index in [9.17, 15) is 14.4 Å². The van der Waals surface area contributed by atoms with Crippen LogP contribution in [0.25, 0.3) is 0 Å². The van der Waals surface area contributed by atoms with Gasteiger partial charge < -0.3 is 14.9 Å². The summed E-state index contributed by atoms with van der Waals surface area (Å²) < 4.78 is 4.46. The summed E-state index contributed by atoms with van der Waals surface area (Å²) in [6.07, 6.45) is 2.26. The fourth-order valence-corrected chi connectivity index (χ4v) is 1.49. The van der Waals surface area contributed by atoms with Gasteiger partial charge in [0.15, 0.2) is 0 Å². The summed E-state index contributed by atoms with van der Waals surface area (Å²) in [5.74, 6) is -3.85. The molecule has 0 aliphatic rings. The summed E-state index contributed by atoms with van der Waals surface area (Å²) in [4.78, 5) is 32.3. The summed E-state index contributed by atoms with van der Waals surface area (Å²) in [6, 6.07) is 0. The Morgan fingerprint density at radius 3 is 2.22 bits per heavy atom. The first kappa shape index (κ1) is 16.1. The molecule has 0 heterocycles. The minimum Gasteiger partial charge on any atom is -0.481 e. The SMILES string of the molecule is C=C(C(=O)O)[C@@H](CCCCCC(=O)OC)C(=O)O. The molecule has 0 aliphatic carbocycles. The van der Waals surface area contributed by atoms with Gasteiger partial charge in [-0.15, -0.1) is 0 Å². The monoisotopic (exact) mass is 258 g/mol. The average Bonchev–Trinajstić information content (AvgIpc) is 2.31. The van der Waals surface area contributed by atoms with Gasteiger partial charge in [-0.3, -0.25) is 9.59 Å². The van der Waals surface area contributed by atoms with Gasteiger partial charge in [0.25, 0.3) is 0 Å². The highest BCUT2D eigenvalue weighted by molar-refractivity contribution is 5.93. The lowest BCUT2D eigenvalue weighted by atomic mass is 9.94. The molecule has 0 aromatic rings. The first-order chi connectivity index (χ1) is 8.40. The Labute approximate surface area is 105 Å². The number of carbonyl (C=O) groups excluding carboxylic acids is 1. The topological polar surface area (TPSA) is 101 Å². The van der Waals surface area contributed by atoms with Crippen LogP contribution < -0.4 is 0 Å². The number of hydrogen-bond donors (Lipinski definition) is 2. The number of hydrogen-bond acceptors (Lipinski definition) is 4. The Morgan fingerprint density at radius 2 is 1.78 bits per heavy atom. The van der Waals surface area contributed by atoms with Crippen LogP contribution in [-0.4, -0.2) is 35.2 Å². The zero-order valence-corrected chi connectivity index (χ0v) is 10.3. The van der Waals surface area contributed by atoms with Crippen molar-refractivity contribution in [2.45, 2.75) is 32.1 Å². The molecule has 0 spiro atoms. The highest BCUT2D eigenvalue weighted by atomic mass is 16.5. The summed E-state index contributed by atoms with van der Waals surface area (Å²) >= 11 is 0. The summed E-state index contributed by atoms with van der Waals surface area (Å²) in [5, 5.41) is 17.6. The molecule has 0 amide bonds. The molecule has 0 aliphatic heterocycles. The number of aliphatic carboxylic acids is 2. The smallest absolute Gasteiger partial charge is 0.331 e. The van der Waals surface area contributed by atoms with Crippen LogP contribution in [0.4, 0.5) is 0 Å². The molecule has 0 saturated heterocycles. The number of carboxylic acid groups (broad SMARTS) is 2. The predicted octanol–water partition coefficient (Wildman–Crippen LogP) is 1.45. The van der Waals surface area contributed by atoms with Gasteiger partial charge in [-0.1, -0.05) is 19.4 Å². The summed E-state index contributed by atoms with van der Waals surface area (Å²) in [5.41, 5.74) is -0.310. The highest BCUT2D eigenvalue weighted by Crippen LogP contribution is 2.18. The molecule has 0 aromatic heterocycles. The van der Waals surface area contributed by atoms with Crippen LogP contribution in [-0.2, 0) is 19.1 Å². The van der Waals surface area contributed by atoms with Gasteiger partial charge in [-0.25, -0.2) is 4.79 Å². The van der Waals surface area contributed by atoms with Gasteiger partial charge in [0.2, 0.25) is 0 Å². The standard InChI is InChI=1S/C12H18O6/c1-8(11(14)15)9(12(16)17)6-4-3-5-7-10(13)18-2/h9H,1,3-7H2,2H3,(H,14,15)(H,16,17)/t9-/m1/s1. The fourth-order valence-electron chi connectivity index (χ4n) is 1.49. The zero-order chi connectivity index (χ0) is 14.1. The minimum atomic E-state index is -1.29. The molecule has 0 unspecified atom stereocenters. The minimum absolute atomic E-state index is 0.210. The number of carboxylic acids is 2. The molecule has 6 heteroatoms. The molecule has 0 fully saturated rings.